The van der Waals surface area contributed by atoms with Crippen LogP contribution in [0.5, 0.6) is 0 Å². The second-order valence-electron chi connectivity index (χ2n) is 6.76. The normalized spacial score (nSPS) is 14.8. The van der Waals surface area contributed by atoms with Crippen molar-refractivity contribution in [3.63, 3.8) is 0 Å². The topological polar surface area (TPSA) is 122 Å². The molecule has 0 saturated carbocycles. The zero-order valence-electron chi connectivity index (χ0n) is 16.1. The summed E-state index contributed by atoms with van der Waals surface area (Å²) in [6.45, 7) is 1.93. The number of allylic oxidation sites excluding steroid dienone is 1. The Balaban J connectivity index is 3.46. The average molecular weight is 395 g/mol. The molecule has 0 unspecified atom stereocenters. The maximum Gasteiger partial charge on any atom is 0.496 e. The molecule has 0 aromatic rings. The molecule has 0 aromatic heterocycles. The van der Waals surface area contributed by atoms with Gasteiger partial charge in [-0.3, -0.25) is 0 Å². The highest BCUT2D eigenvalue weighted by Crippen LogP contribution is 2.35. The van der Waals surface area contributed by atoms with Crippen molar-refractivity contribution >= 4 is 7.82 Å². The molecule has 0 radical (unpaired) electrons. The van der Waals surface area contributed by atoms with Gasteiger partial charge >= 0.3 is 7.82 Å². The van der Waals surface area contributed by atoms with Crippen molar-refractivity contribution in [2.45, 2.75) is 96.1 Å². The van der Waals surface area contributed by atoms with Crippen molar-refractivity contribution in [1.82, 2.24) is 0 Å². The molecule has 8 heteroatoms. The summed E-state index contributed by atoms with van der Waals surface area (Å²) in [5.41, 5.74) is 5.63. The molecule has 0 aliphatic heterocycles. The Morgan fingerprint density at radius 3 is 1.96 bits per heavy atom. The van der Waals surface area contributed by atoms with Gasteiger partial charge in [-0.1, -0.05) is 83.3 Å². The smallest absolute Gasteiger partial charge is 0.387 e. The number of aliphatic hydroxyl groups is 1. The van der Waals surface area contributed by atoms with Crippen LogP contribution in [0.2, 0.25) is 0 Å². The van der Waals surface area contributed by atoms with E-state index < -0.39 is 20.0 Å². The van der Waals surface area contributed by atoms with Crippen LogP contribution in [0.4, 0.5) is 0 Å². The molecule has 26 heavy (non-hydrogen) atoms. The number of phosphoric acid groups is 1. The Hall–Kier alpha value is -0.270. The molecule has 0 heterocycles. The van der Waals surface area contributed by atoms with Crippen molar-refractivity contribution in [2.75, 3.05) is 6.61 Å². The summed E-state index contributed by atoms with van der Waals surface area (Å²) in [7, 11) is -4.68. The van der Waals surface area contributed by atoms with E-state index >= 15 is 0 Å². The minimum Gasteiger partial charge on any atom is -0.387 e. The zero-order chi connectivity index (χ0) is 19.7. The fourth-order valence-electron chi connectivity index (χ4n) is 2.58. The lowest BCUT2D eigenvalue weighted by Gasteiger charge is -2.15. The lowest BCUT2D eigenvalue weighted by atomic mass is 10.0. The first-order chi connectivity index (χ1) is 12.4. The van der Waals surface area contributed by atoms with Crippen molar-refractivity contribution in [3.8, 4) is 0 Å². The van der Waals surface area contributed by atoms with E-state index in [0.29, 0.717) is 0 Å². The molecule has 2 atom stereocenters. The van der Waals surface area contributed by atoms with Gasteiger partial charge in [0.05, 0.1) is 12.1 Å². The van der Waals surface area contributed by atoms with E-state index in [-0.39, 0.29) is 6.61 Å². The number of unbranched alkanes of at least 4 members (excludes halogenated alkanes) is 11. The van der Waals surface area contributed by atoms with Gasteiger partial charge in [-0.05, 0) is 12.8 Å². The molecule has 0 aromatic carbocycles. The quantitative estimate of drug-likeness (QED) is 0.0910. The lowest BCUT2D eigenvalue weighted by Crippen LogP contribution is -2.37. The van der Waals surface area contributed by atoms with Crippen LogP contribution in [0.15, 0.2) is 12.2 Å². The van der Waals surface area contributed by atoms with Gasteiger partial charge < -0.3 is 20.6 Å². The average Bonchev–Trinajstić information content (AvgIpc) is 2.57. The number of hydrogen-bond acceptors (Lipinski definition) is 5. The molecular formula is C18H38NO6P. The third-order valence-electron chi connectivity index (χ3n) is 4.16. The van der Waals surface area contributed by atoms with Crippen LogP contribution in [0.25, 0.3) is 0 Å². The molecule has 0 saturated heterocycles. The molecule has 0 spiro atoms. The van der Waals surface area contributed by atoms with Gasteiger partial charge in [-0.15, -0.1) is 4.67 Å². The van der Waals surface area contributed by atoms with Crippen LogP contribution in [-0.2, 0) is 14.1 Å². The fourth-order valence-corrected chi connectivity index (χ4v) is 2.78. The summed E-state index contributed by atoms with van der Waals surface area (Å²) in [4.78, 5) is 21.2. The predicted molar refractivity (Wildman–Crippen MR) is 103 cm³/mol. The molecule has 0 fully saturated rings. The van der Waals surface area contributed by atoms with Crippen LogP contribution in [0, 0.1) is 0 Å². The van der Waals surface area contributed by atoms with Gasteiger partial charge in [-0.2, -0.15) is 0 Å². The molecule has 0 aliphatic rings. The van der Waals surface area contributed by atoms with Crippen LogP contribution in [0.1, 0.15) is 84.0 Å². The first kappa shape index (κ1) is 25.7. The summed E-state index contributed by atoms with van der Waals surface area (Å²) >= 11 is 0. The zero-order valence-corrected chi connectivity index (χ0v) is 17.0. The Morgan fingerprint density at radius 2 is 1.46 bits per heavy atom. The molecular weight excluding hydrogens is 357 g/mol. The highest BCUT2D eigenvalue weighted by Gasteiger charge is 2.18. The van der Waals surface area contributed by atoms with Crippen molar-refractivity contribution in [3.05, 3.63) is 12.2 Å². The maximum absolute atomic E-state index is 10.4. The molecule has 156 valence electrons. The molecule has 5 N–H and O–H groups in total. The fraction of sp³-hybridized carbons (Fsp3) is 0.889. The second-order valence-corrected chi connectivity index (χ2v) is 7.89. The number of rotatable bonds is 18. The van der Waals surface area contributed by atoms with Gasteiger partial charge in [0, 0.05) is 0 Å². The SMILES string of the molecule is CCCCCCCCCCCCCC=C[C@@H](O)[C@@H](N)COOP(=O)(O)O. The van der Waals surface area contributed by atoms with Crippen LogP contribution in [0.3, 0.4) is 0 Å². The van der Waals surface area contributed by atoms with Gasteiger partial charge in [0.15, 0.2) is 0 Å². The number of hydrogen-bond donors (Lipinski definition) is 4. The second kappa shape index (κ2) is 16.9. The van der Waals surface area contributed by atoms with Crippen molar-refractivity contribution < 1.29 is 29.0 Å². The van der Waals surface area contributed by atoms with Crippen LogP contribution < -0.4 is 5.73 Å². The summed E-state index contributed by atoms with van der Waals surface area (Å²) in [6.07, 6.45) is 17.7. The third kappa shape index (κ3) is 18.5. The number of nitrogens with two attached hydrogens (primary N) is 1. The van der Waals surface area contributed by atoms with Crippen LogP contribution >= 0.6 is 7.82 Å². The summed E-state index contributed by atoms with van der Waals surface area (Å²) in [5, 5.41) is 9.78. The lowest BCUT2D eigenvalue weighted by molar-refractivity contribution is -0.227. The minimum atomic E-state index is -4.68. The first-order valence-electron chi connectivity index (χ1n) is 9.84. The molecule has 0 bridgehead atoms. The van der Waals surface area contributed by atoms with E-state index in [1.54, 1.807) is 6.08 Å². The maximum atomic E-state index is 10.4. The van der Waals surface area contributed by atoms with E-state index in [1.165, 1.54) is 64.2 Å². The van der Waals surface area contributed by atoms with E-state index in [0.717, 1.165) is 12.8 Å². The largest absolute Gasteiger partial charge is 0.496 e. The van der Waals surface area contributed by atoms with Gasteiger partial charge in [0.2, 0.25) is 0 Å². The summed E-state index contributed by atoms with van der Waals surface area (Å²) < 4.78 is 14.2. The third-order valence-corrected chi connectivity index (χ3v) is 4.46. The predicted octanol–water partition coefficient (Wildman–Crippen LogP) is 3.97. The number of aliphatic hydroxyl groups excluding tert-OH is 1. The highest BCUT2D eigenvalue weighted by molar-refractivity contribution is 7.46. The first-order valence-corrected chi connectivity index (χ1v) is 11.4. The van der Waals surface area contributed by atoms with E-state index in [9.17, 15) is 9.67 Å². The monoisotopic (exact) mass is 395 g/mol. The summed E-state index contributed by atoms with van der Waals surface area (Å²) in [6, 6.07) is -0.810. The van der Waals surface area contributed by atoms with E-state index in [1.807, 2.05) is 6.08 Å². The highest BCUT2D eigenvalue weighted by atomic mass is 31.2. The Morgan fingerprint density at radius 1 is 0.962 bits per heavy atom. The van der Waals surface area contributed by atoms with Gasteiger partial charge in [0.1, 0.15) is 6.61 Å². The standard InChI is InChI=1S/C18H38NO6P/c1-2-3-4-5-6-7-8-9-10-11-12-13-14-15-18(20)17(19)16-24-25-26(21,22)23/h14-15,17-18,20H,2-13,16,19H2,1H3,(H2,21,22,23)/t17-,18+/m0/s1. The molecule has 0 rings (SSSR count). The van der Waals surface area contributed by atoms with Crippen LogP contribution in [-0.4, -0.2) is 33.6 Å². The Bertz CT molecular complexity index is 388. The van der Waals surface area contributed by atoms with Crippen molar-refractivity contribution in [1.29, 1.82) is 0 Å². The van der Waals surface area contributed by atoms with E-state index in [4.69, 9.17) is 15.5 Å². The Kier molecular flexibility index (Phi) is 16.7. The summed E-state index contributed by atoms with van der Waals surface area (Å²) in [5.74, 6) is 0. The molecule has 7 nitrogen and oxygen atoms in total. The Labute approximate surface area is 158 Å². The van der Waals surface area contributed by atoms with Gasteiger partial charge in [-0.25, -0.2) is 9.45 Å². The molecule has 0 aliphatic carbocycles. The van der Waals surface area contributed by atoms with Crippen molar-refractivity contribution in [2.24, 2.45) is 5.73 Å². The minimum absolute atomic E-state index is 0.310. The van der Waals surface area contributed by atoms with Gasteiger partial charge in [0.25, 0.3) is 0 Å². The van der Waals surface area contributed by atoms with E-state index in [2.05, 4.69) is 16.5 Å². The molecule has 0 amide bonds.